The van der Waals surface area contributed by atoms with E-state index in [1.807, 2.05) is 6.07 Å². The summed E-state index contributed by atoms with van der Waals surface area (Å²) in [5, 5.41) is 21.1. The van der Waals surface area contributed by atoms with Crippen molar-refractivity contribution in [2.24, 2.45) is 17.8 Å². The van der Waals surface area contributed by atoms with E-state index >= 15 is 0 Å². The minimum absolute atomic E-state index is 0.0313. The third-order valence-corrected chi connectivity index (χ3v) is 7.80. The monoisotopic (exact) mass is 416 g/mol. The smallest absolute Gasteiger partial charge is 0.157 e. The molecule has 1 heterocycles. The van der Waals surface area contributed by atoms with Gasteiger partial charge in [0.05, 0.1) is 12.2 Å². The maximum atomic E-state index is 10.9. The Morgan fingerprint density at radius 3 is 2.87 bits per heavy atom. The van der Waals surface area contributed by atoms with Gasteiger partial charge in [-0.2, -0.15) is 0 Å². The molecular formula is C26H40O4. The van der Waals surface area contributed by atoms with Crippen molar-refractivity contribution in [2.45, 2.75) is 102 Å². The maximum Gasteiger partial charge on any atom is 0.157 e. The van der Waals surface area contributed by atoms with Gasteiger partial charge in [0.25, 0.3) is 0 Å². The topological polar surface area (TPSA) is 58.9 Å². The first kappa shape index (κ1) is 22.1. The van der Waals surface area contributed by atoms with Crippen LogP contribution in [0.4, 0.5) is 0 Å². The summed E-state index contributed by atoms with van der Waals surface area (Å²) in [6.07, 6.45) is 12.9. The van der Waals surface area contributed by atoms with E-state index < -0.39 is 0 Å². The van der Waals surface area contributed by atoms with Gasteiger partial charge in [-0.3, -0.25) is 0 Å². The zero-order chi connectivity index (χ0) is 20.9. The van der Waals surface area contributed by atoms with Gasteiger partial charge >= 0.3 is 0 Å². The number of benzene rings is 1. The molecule has 0 radical (unpaired) electrons. The maximum absolute atomic E-state index is 10.9. The van der Waals surface area contributed by atoms with Crippen molar-refractivity contribution in [3.8, 4) is 5.75 Å². The van der Waals surface area contributed by atoms with Gasteiger partial charge in [-0.15, -0.1) is 0 Å². The van der Waals surface area contributed by atoms with Gasteiger partial charge in [0.15, 0.2) is 6.29 Å². The van der Waals surface area contributed by atoms with Gasteiger partial charge in [-0.1, -0.05) is 38.3 Å². The number of rotatable bonds is 9. The minimum Gasteiger partial charge on any atom is -0.508 e. The van der Waals surface area contributed by atoms with Crippen molar-refractivity contribution in [2.75, 3.05) is 6.61 Å². The first-order chi connectivity index (χ1) is 14.7. The van der Waals surface area contributed by atoms with Crippen LogP contribution >= 0.6 is 0 Å². The van der Waals surface area contributed by atoms with Gasteiger partial charge in [-0.05, 0) is 92.7 Å². The predicted octanol–water partition coefficient (Wildman–Crippen LogP) is 5.38. The van der Waals surface area contributed by atoms with Crippen molar-refractivity contribution in [3.63, 3.8) is 0 Å². The summed E-state index contributed by atoms with van der Waals surface area (Å²) in [5.74, 6) is 1.79. The van der Waals surface area contributed by atoms with E-state index in [1.54, 1.807) is 6.07 Å². The van der Waals surface area contributed by atoms with Crippen LogP contribution < -0.4 is 0 Å². The number of phenols is 1. The Labute approximate surface area is 182 Å². The number of unbranched alkanes of at least 4 members (excludes halogenated alkanes) is 2. The average molecular weight is 417 g/mol. The first-order valence-corrected chi connectivity index (χ1v) is 12.4. The number of hydrogen-bond donors (Lipinski definition) is 2. The van der Waals surface area contributed by atoms with Gasteiger partial charge in [-0.25, -0.2) is 0 Å². The molecule has 6 atom stereocenters. The van der Waals surface area contributed by atoms with Gasteiger partial charge in [0.2, 0.25) is 0 Å². The Hall–Kier alpha value is -1.10. The summed E-state index contributed by atoms with van der Waals surface area (Å²) in [6, 6.07) is 5.91. The number of ether oxygens (including phenoxy) is 2. The molecule has 0 aromatic heterocycles. The number of fused-ring (bicyclic) bond motifs is 2. The van der Waals surface area contributed by atoms with Crippen molar-refractivity contribution in [1.82, 2.24) is 0 Å². The molecule has 168 valence electrons. The summed E-state index contributed by atoms with van der Waals surface area (Å²) >= 11 is 0. The Kier molecular flexibility index (Phi) is 7.72. The molecule has 30 heavy (non-hydrogen) atoms. The Balaban J connectivity index is 1.37. The van der Waals surface area contributed by atoms with E-state index in [9.17, 15) is 10.2 Å². The lowest BCUT2D eigenvalue weighted by Gasteiger charge is -2.33. The lowest BCUT2D eigenvalue weighted by Crippen LogP contribution is -2.30. The average Bonchev–Trinajstić information content (AvgIpc) is 3.06. The second-order valence-electron chi connectivity index (χ2n) is 9.84. The number of aliphatic hydroxyl groups is 1. The molecule has 3 aliphatic rings. The summed E-state index contributed by atoms with van der Waals surface area (Å²) < 4.78 is 12.3. The SMILES string of the molecule is CCCCC[C@H](CC[C@@H]1[C@H]2Cc3cccc(O)c3C[C@H]2C[C@H]1O)OC1CCCCO1. The molecule has 0 bridgehead atoms. The third kappa shape index (κ3) is 5.20. The third-order valence-electron chi connectivity index (χ3n) is 7.80. The molecule has 1 saturated carbocycles. The Morgan fingerprint density at radius 1 is 1.17 bits per heavy atom. The van der Waals surface area contributed by atoms with Crippen molar-refractivity contribution >= 4 is 0 Å². The van der Waals surface area contributed by atoms with E-state index in [0.717, 1.165) is 63.5 Å². The molecule has 4 rings (SSSR count). The predicted molar refractivity (Wildman–Crippen MR) is 118 cm³/mol. The second-order valence-corrected chi connectivity index (χ2v) is 9.84. The summed E-state index contributed by atoms with van der Waals surface area (Å²) in [5.41, 5.74) is 2.39. The molecule has 2 fully saturated rings. The highest BCUT2D eigenvalue weighted by molar-refractivity contribution is 5.42. The molecule has 1 unspecified atom stereocenters. The van der Waals surface area contributed by atoms with Gasteiger partial charge < -0.3 is 19.7 Å². The van der Waals surface area contributed by atoms with Crippen molar-refractivity contribution < 1.29 is 19.7 Å². The molecule has 2 aliphatic carbocycles. The summed E-state index contributed by atoms with van der Waals surface area (Å²) in [6.45, 7) is 3.07. The quantitative estimate of drug-likeness (QED) is 0.531. The zero-order valence-corrected chi connectivity index (χ0v) is 18.6. The number of aliphatic hydroxyl groups excluding tert-OH is 1. The molecular weight excluding hydrogens is 376 g/mol. The van der Waals surface area contributed by atoms with Crippen molar-refractivity contribution in [3.05, 3.63) is 29.3 Å². The fourth-order valence-corrected chi connectivity index (χ4v) is 6.13. The van der Waals surface area contributed by atoms with Crippen LogP contribution in [-0.2, 0) is 22.3 Å². The van der Waals surface area contributed by atoms with Crippen molar-refractivity contribution in [1.29, 1.82) is 0 Å². The standard InChI is InChI=1S/C26H40O4/c1-2-3-4-9-20(30-26-11-5-6-14-29-26)12-13-21-22-15-18-8-7-10-24(27)23(18)16-19(22)17-25(21)28/h7-8,10,19-22,25-28H,2-6,9,11-17H2,1H3/t19-,20+,21+,22-,25+,26?/m0/s1. The van der Waals surface area contributed by atoms with Gasteiger partial charge in [0, 0.05) is 6.61 Å². The zero-order valence-electron chi connectivity index (χ0n) is 18.6. The second kappa shape index (κ2) is 10.5. The lowest BCUT2D eigenvalue weighted by molar-refractivity contribution is -0.191. The van der Waals surface area contributed by atoms with E-state index in [1.165, 1.54) is 31.2 Å². The minimum atomic E-state index is -0.223. The van der Waals surface area contributed by atoms with Gasteiger partial charge in [0.1, 0.15) is 5.75 Å². The lowest BCUT2D eigenvalue weighted by atomic mass is 9.73. The van der Waals surface area contributed by atoms with Crippen LogP contribution in [0, 0.1) is 17.8 Å². The van der Waals surface area contributed by atoms with E-state index in [4.69, 9.17) is 9.47 Å². The molecule has 2 N–H and O–H groups in total. The molecule has 0 amide bonds. The molecule has 1 aromatic rings. The van der Waals surface area contributed by atoms with E-state index in [2.05, 4.69) is 13.0 Å². The number of phenolic OH excluding ortho intramolecular Hbond substituents is 1. The summed E-state index contributed by atoms with van der Waals surface area (Å²) in [7, 11) is 0. The molecule has 1 saturated heterocycles. The highest BCUT2D eigenvalue weighted by atomic mass is 16.7. The van der Waals surface area contributed by atoms with Crippen LogP contribution in [0.25, 0.3) is 0 Å². The number of hydrogen-bond acceptors (Lipinski definition) is 4. The molecule has 1 aromatic carbocycles. The van der Waals surface area contributed by atoms with E-state index in [-0.39, 0.29) is 18.5 Å². The normalized spacial score (nSPS) is 31.9. The molecule has 0 spiro atoms. The molecule has 1 aliphatic heterocycles. The fraction of sp³-hybridized carbons (Fsp3) is 0.769. The highest BCUT2D eigenvalue weighted by Crippen LogP contribution is 2.48. The van der Waals surface area contributed by atoms with Crippen LogP contribution in [-0.4, -0.2) is 35.3 Å². The summed E-state index contributed by atoms with van der Waals surface area (Å²) in [4.78, 5) is 0. The fourth-order valence-electron chi connectivity index (χ4n) is 6.13. The molecule has 4 nitrogen and oxygen atoms in total. The highest BCUT2D eigenvalue weighted by Gasteiger charge is 2.44. The van der Waals surface area contributed by atoms with Crippen LogP contribution in [0.15, 0.2) is 18.2 Å². The first-order valence-electron chi connectivity index (χ1n) is 12.4. The van der Waals surface area contributed by atoms with E-state index in [0.29, 0.717) is 23.5 Å². The van der Waals surface area contributed by atoms with Crippen LogP contribution in [0.1, 0.15) is 82.3 Å². The largest absolute Gasteiger partial charge is 0.508 e. The van der Waals surface area contributed by atoms with Crippen LogP contribution in [0.5, 0.6) is 5.75 Å². The Bertz CT molecular complexity index is 669. The Morgan fingerprint density at radius 2 is 2.07 bits per heavy atom. The van der Waals surface area contributed by atoms with Crippen LogP contribution in [0.2, 0.25) is 0 Å². The molecule has 4 heteroatoms. The number of aromatic hydroxyl groups is 1. The van der Waals surface area contributed by atoms with Crippen LogP contribution in [0.3, 0.4) is 0 Å².